The largest absolute Gasteiger partial charge is 0.501 e. The number of hydrogen-bond acceptors (Lipinski definition) is 4. The third kappa shape index (κ3) is 3.89. The molecule has 0 saturated carbocycles. The van der Waals surface area contributed by atoms with Gasteiger partial charge in [0, 0.05) is 11.1 Å². The van der Waals surface area contributed by atoms with Gasteiger partial charge in [0.15, 0.2) is 0 Å². The fourth-order valence-corrected chi connectivity index (χ4v) is 3.75. The predicted octanol–water partition coefficient (Wildman–Crippen LogP) is 4.78. The van der Waals surface area contributed by atoms with Crippen LogP contribution in [0.25, 0.3) is 22.4 Å². The van der Waals surface area contributed by atoms with Gasteiger partial charge < -0.3 is 10.3 Å². The molecule has 158 valence electrons. The number of sulfone groups is 1. The van der Waals surface area contributed by atoms with E-state index < -0.39 is 26.1 Å². The topological polar surface area (TPSA) is 91.9 Å². The number of carbonyl (C=O) groups excluding carboxylic acids is 1. The van der Waals surface area contributed by atoms with Gasteiger partial charge in [-0.2, -0.15) is 13.2 Å². The molecule has 3 aromatic carbocycles. The Bertz CT molecular complexity index is 1350. The van der Waals surface area contributed by atoms with E-state index in [1.807, 2.05) is 24.3 Å². The molecular formula is C21H14F3N3O3S. The minimum absolute atomic E-state index is 0.000494. The van der Waals surface area contributed by atoms with Crippen molar-refractivity contribution in [3.63, 3.8) is 0 Å². The van der Waals surface area contributed by atoms with E-state index in [-0.39, 0.29) is 5.56 Å². The number of aromatic amines is 1. The molecule has 4 aromatic rings. The molecule has 0 aliphatic rings. The molecule has 1 heterocycles. The van der Waals surface area contributed by atoms with Crippen LogP contribution in [0.4, 0.5) is 18.9 Å². The van der Waals surface area contributed by atoms with Gasteiger partial charge in [0.25, 0.3) is 15.7 Å². The molecule has 1 aromatic heterocycles. The molecule has 0 bridgehead atoms. The minimum atomic E-state index is -5.48. The van der Waals surface area contributed by atoms with Crippen LogP contribution >= 0.6 is 0 Å². The zero-order valence-corrected chi connectivity index (χ0v) is 16.5. The van der Waals surface area contributed by atoms with Crippen molar-refractivity contribution in [3.05, 3.63) is 78.4 Å². The molecule has 0 atom stereocenters. The van der Waals surface area contributed by atoms with E-state index in [0.29, 0.717) is 17.1 Å². The molecule has 0 fully saturated rings. The number of amides is 1. The van der Waals surface area contributed by atoms with E-state index in [4.69, 9.17) is 0 Å². The number of benzene rings is 3. The van der Waals surface area contributed by atoms with Crippen molar-refractivity contribution >= 4 is 32.5 Å². The molecule has 2 N–H and O–H groups in total. The lowest BCUT2D eigenvalue weighted by atomic mass is 10.1. The summed E-state index contributed by atoms with van der Waals surface area (Å²) >= 11 is 0. The number of fused-ring (bicyclic) bond motifs is 1. The Morgan fingerprint density at radius 1 is 0.903 bits per heavy atom. The number of rotatable bonds is 4. The summed E-state index contributed by atoms with van der Waals surface area (Å²) in [5.74, 6) is -0.0803. The highest BCUT2D eigenvalue weighted by Crippen LogP contribution is 2.31. The Balaban J connectivity index is 1.61. The fourth-order valence-electron chi connectivity index (χ4n) is 2.99. The van der Waals surface area contributed by atoms with Crippen LogP contribution in [0.5, 0.6) is 0 Å². The fraction of sp³-hybridized carbons (Fsp3) is 0.0476. The number of H-pyrrole nitrogens is 1. The summed E-state index contributed by atoms with van der Waals surface area (Å²) in [5, 5.41) is 2.69. The Morgan fingerprint density at radius 3 is 2.23 bits per heavy atom. The molecule has 0 aliphatic heterocycles. The summed E-state index contributed by atoms with van der Waals surface area (Å²) in [4.78, 5) is 19.4. The number of hydrogen-bond donors (Lipinski definition) is 2. The number of alkyl halides is 3. The normalized spacial score (nSPS) is 12.1. The number of imidazole rings is 1. The van der Waals surface area contributed by atoms with Gasteiger partial charge in [0.1, 0.15) is 5.82 Å². The summed E-state index contributed by atoms with van der Waals surface area (Å²) < 4.78 is 60.9. The van der Waals surface area contributed by atoms with E-state index >= 15 is 0 Å². The maximum atomic E-state index is 12.7. The molecule has 1 amide bonds. The lowest BCUT2D eigenvalue weighted by Gasteiger charge is -2.11. The molecule has 0 unspecified atom stereocenters. The average molecular weight is 445 g/mol. The highest BCUT2D eigenvalue weighted by Gasteiger charge is 2.46. The van der Waals surface area contributed by atoms with E-state index in [2.05, 4.69) is 15.3 Å². The molecule has 0 saturated heterocycles. The van der Waals surface area contributed by atoms with Gasteiger partial charge in [-0.1, -0.05) is 24.3 Å². The first-order valence-electron chi connectivity index (χ1n) is 8.94. The van der Waals surface area contributed by atoms with Crippen LogP contribution in [0, 0.1) is 0 Å². The van der Waals surface area contributed by atoms with E-state index in [1.165, 1.54) is 0 Å². The van der Waals surface area contributed by atoms with Gasteiger partial charge in [0.2, 0.25) is 0 Å². The summed E-state index contributed by atoms with van der Waals surface area (Å²) in [6, 6.07) is 17.9. The SMILES string of the molecule is O=C(Nc1ccccc1-c1nc2ccccc2[nH]1)c1ccc(S(=O)(=O)C(F)(F)F)cc1. The number of halogens is 3. The lowest BCUT2D eigenvalue weighted by Crippen LogP contribution is -2.23. The number of anilines is 1. The first kappa shape index (κ1) is 20.6. The molecule has 0 aliphatic carbocycles. The van der Waals surface area contributed by atoms with Crippen molar-refractivity contribution in [1.29, 1.82) is 0 Å². The molecule has 31 heavy (non-hydrogen) atoms. The van der Waals surface area contributed by atoms with Gasteiger partial charge in [-0.3, -0.25) is 4.79 Å². The van der Waals surface area contributed by atoms with Crippen LogP contribution < -0.4 is 5.32 Å². The minimum Gasteiger partial charge on any atom is -0.338 e. The van der Waals surface area contributed by atoms with E-state index in [1.54, 1.807) is 24.3 Å². The maximum absolute atomic E-state index is 12.7. The van der Waals surface area contributed by atoms with Crippen molar-refractivity contribution in [1.82, 2.24) is 9.97 Å². The zero-order chi connectivity index (χ0) is 22.2. The second-order valence-corrected chi connectivity index (χ2v) is 8.52. The van der Waals surface area contributed by atoms with Gasteiger partial charge in [0.05, 0.1) is 21.6 Å². The number of nitrogens with one attached hydrogen (secondary N) is 2. The maximum Gasteiger partial charge on any atom is 0.501 e. The average Bonchev–Trinajstić information content (AvgIpc) is 3.17. The molecule has 10 heteroatoms. The summed E-state index contributed by atoms with van der Waals surface area (Å²) in [6.07, 6.45) is 0. The standard InChI is InChI=1S/C21H14F3N3O3S/c22-21(23,24)31(29,30)14-11-9-13(10-12-14)20(28)27-16-6-2-1-5-15(16)19-25-17-7-3-4-8-18(17)26-19/h1-12H,(H,25,26)(H,27,28). The van der Waals surface area contributed by atoms with Crippen molar-refractivity contribution in [2.24, 2.45) is 0 Å². The molecule has 6 nitrogen and oxygen atoms in total. The number of aromatic nitrogens is 2. The second kappa shape index (κ2) is 7.55. The van der Waals surface area contributed by atoms with Crippen LogP contribution in [0.15, 0.2) is 77.7 Å². The van der Waals surface area contributed by atoms with Gasteiger partial charge in [-0.15, -0.1) is 0 Å². The third-order valence-electron chi connectivity index (χ3n) is 4.55. The van der Waals surface area contributed by atoms with Crippen molar-refractivity contribution in [2.45, 2.75) is 10.4 Å². The summed E-state index contributed by atoms with van der Waals surface area (Å²) in [6.45, 7) is 0. The monoisotopic (exact) mass is 445 g/mol. The third-order valence-corrected chi connectivity index (χ3v) is 6.05. The quantitative estimate of drug-likeness (QED) is 0.473. The Kier molecular flexibility index (Phi) is 5.02. The molecule has 4 rings (SSSR count). The lowest BCUT2D eigenvalue weighted by molar-refractivity contribution is -0.0436. The Hall–Kier alpha value is -3.66. The van der Waals surface area contributed by atoms with Crippen LogP contribution in [-0.2, 0) is 9.84 Å². The van der Waals surface area contributed by atoms with Crippen LogP contribution in [0.3, 0.4) is 0 Å². The van der Waals surface area contributed by atoms with Gasteiger partial charge in [-0.05, 0) is 48.5 Å². The Labute approximate surface area is 174 Å². The molecule has 0 spiro atoms. The molecular weight excluding hydrogens is 431 g/mol. The highest BCUT2D eigenvalue weighted by atomic mass is 32.2. The van der Waals surface area contributed by atoms with E-state index in [9.17, 15) is 26.4 Å². The van der Waals surface area contributed by atoms with Crippen LogP contribution in [0.1, 0.15) is 10.4 Å². The number of nitrogens with zero attached hydrogens (tertiary/aromatic N) is 1. The number of para-hydroxylation sites is 3. The second-order valence-electron chi connectivity index (χ2n) is 6.58. The highest BCUT2D eigenvalue weighted by molar-refractivity contribution is 7.92. The summed E-state index contributed by atoms with van der Waals surface area (Å²) in [5.41, 5.74) is -2.80. The van der Waals surface area contributed by atoms with Crippen molar-refractivity contribution < 1.29 is 26.4 Å². The van der Waals surface area contributed by atoms with Gasteiger partial charge in [-0.25, -0.2) is 13.4 Å². The summed E-state index contributed by atoms with van der Waals surface area (Å²) in [7, 11) is -5.48. The van der Waals surface area contributed by atoms with E-state index in [0.717, 1.165) is 35.3 Å². The predicted molar refractivity (Wildman–Crippen MR) is 109 cm³/mol. The van der Waals surface area contributed by atoms with Crippen LogP contribution in [-0.4, -0.2) is 29.8 Å². The zero-order valence-electron chi connectivity index (χ0n) is 15.6. The molecule has 0 radical (unpaired) electrons. The number of carbonyl (C=O) groups is 1. The van der Waals surface area contributed by atoms with Gasteiger partial charge >= 0.3 is 5.51 Å². The van der Waals surface area contributed by atoms with Crippen LogP contribution in [0.2, 0.25) is 0 Å². The first-order valence-corrected chi connectivity index (χ1v) is 10.4. The smallest absolute Gasteiger partial charge is 0.338 e. The van der Waals surface area contributed by atoms with Crippen molar-refractivity contribution in [2.75, 3.05) is 5.32 Å². The Morgan fingerprint density at radius 2 is 1.55 bits per heavy atom. The van der Waals surface area contributed by atoms with Crippen molar-refractivity contribution in [3.8, 4) is 11.4 Å². The first-order chi connectivity index (χ1) is 14.7.